The topological polar surface area (TPSA) is 67.5 Å². The van der Waals surface area contributed by atoms with Crippen molar-refractivity contribution in [3.05, 3.63) is 100.0 Å². The van der Waals surface area contributed by atoms with Crippen LogP contribution in [0.4, 0.5) is 4.39 Å². The van der Waals surface area contributed by atoms with Crippen LogP contribution in [-0.2, 0) is 6.54 Å². The molecule has 1 amide bonds. The summed E-state index contributed by atoms with van der Waals surface area (Å²) in [5.41, 5.74) is 4.38. The number of rotatable bonds is 9. The molecule has 1 aromatic heterocycles. The zero-order valence-electron chi connectivity index (χ0n) is 21.5. The summed E-state index contributed by atoms with van der Waals surface area (Å²) in [4.78, 5) is 15.4. The number of carbonyl (C=O) groups is 1. The summed E-state index contributed by atoms with van der Waals surface area (Å²) in [6.45, 7) is 5.18. The second-order valence-corrected chi connectivity index (χ2v) is 10.2. The van der Waals surface area contributed by atoms with Crippen LogP contribution >= 0.6 is 11.6 Å². The lowest BCUT2D eigenvalue weighted by Gasteiger charge is -2.27. The first-order valence-electron chi connectivity index (χ1n) is 12.6. The molecule has 0 radical (unpaired) electrons. The van der Waals surface area contributed by atoms with Gasteiger partial charge in [0.05, 0.1) is 25.5 Å². The maximum atomic E-state index is 13.7. The second kappa shape index (κ2) is 10.9. The van der Waals surface area contributed by atoms with Crippen molar-refractivity contribution in [2.24, 2.45) is 5.92 Å². The largest absolute Gasteiger partial charge is 0.493 e. The smallest absolute Gasteiger partial charge is 0.273 e. The molecule has 38 heavy (non-hydrogen) atoms. The van der Waals surface area contributed by atoms with Crippen LogP contribution in [0.25, 0.3) is 11.3 Å². The average Bonchev–Trinajstić information content (AvgIpc) is 3.45. The highest BCUT2D eigenvalue weighted by atomic mass is 35.5. The van der Waals surface area contributed by atoms with Gasteiger partial charge < -0.3 is 14.4 Å². The van der Waals surface area contributed by atoms with Crippen molar-refractivity contribution in [2.75, 3.05) is 13.7 Å². The number of halogens is 2. The Morgan fingerprint density at radius 2 is 1.79 bits per heavy atom. The Labute approximate surface area is 226 Å². The summed E-state index contributed by atoms with van der Waals surface area (Å²) in [6, 6.07) is 18.8. The van der Waals surface area contributed by atoms with Gasteiger partial charge in [0.25, 0.3) is 5.91 Å². The number of H-pyrrole nitrogens is 1. The fourth-order valence-electron chi connectivity index (χ4n) is 4.70. The van der Waals surface area contributed by atoms with Gasteiger partial charge in [-0.25, -0.2) is 4.39 Å². The van der Waals surface area contributed by atoms with Crippen molar-refractivity contribution in [3.8, 4) is 22.8 Å². The number of carbonyl (C=O) groups excluding carboxylic acids is 1. The fourth-order valence-corrected chi connectivity index (χ4v) is 4.82. The molecule has 0 saturated carbocycles. The van der Waals surface area contributed by atoms with E-state index in [1.807, 2.05) is 30.3 Å². The SMILES string of the molecule is COc1cc(C2c3c(-c4ccc(Cl)cc4)n[nH]c3C(=O)N2Cc2ccc(F)cc2)ccc1OCCC(C)C. The molecule has 5 rings (SSSR count). The van der Waals surface area contributed by atoms with Gasteiger partial charge in [-0.1, -0.05) is 55.8 Å². The van der Waals surface area contributed by atoms with Crippen LogP contribution in [0.1, 0.15) is 53.5 Å². The summed E-state index contributed by atoms with van der Waals surface area (Å²) in [5, 5.41) is 8.09. The predicted octanol–water partition coefficient (Wildman–Crippen LogP) is 7.05. The molecule has 6 nitrogen and oxygen atoms in total. The van der Waals surface area contributed by atoms with Gasteiger partial charge in [0.15, 0.2) is 11.5 Å². The molecular weight excluding hydrogens is 505 g/mol. The van der Waals surface area contributed by atoms with Crippen molar-refractivity contribution in [2.45, 2.75) is 32.9 Å². The van der Waals surface area contributed by atoms with E-state index in [4.69, 9.17) is 21.1 Å². The highest BCUT2D eigenvalue weighted by Gasteiger charge is 2.42. The number of fused-ring (bicyclic) bond motifs is 1. The molecule has 8 heteroatoms. The van der Waals surface area contributed by atoms with Gasteiger partial charge in [0.1, 0.15) is 11.5 Å². The molecule has 3 aromatic carbocycles. The highest BCUT2D eigenvalue weighted by Crippen LogP contribution is 2.45. The van der Waals surface area contributed by atoms with Crippen molar-refractivity contribution < 1.29 is 18.7 Å². The predicted molar refractivity (Wildman–Crippen MR) is 145 cm³/mol. The van der Waals surface area contributed by atoms with E-state index >= 15 is 0 Å². The van der Waals surface area contributed by atoms with Gasteiger partial charge >= 0.3 is 0 Å². The average molecular weight is 534 g/mol. The minimum absolute atomic E-state index is 0.182. The molecule has 1 aliphatic rings. The van der Waals surface area contributed by atoms with E-state index in [0.717, 1.165) is 28.7 Å². The molecule has 196 valence electrons. The van der Waals surface area contributed by atoms with Gasteiger partial charge in [-0.05, 0) is 59.9 Å². The van der Waals surface area contributed by atoms with E-state index in [9.17, 15) is 9.18 Å². The number of amides is 1. The Kier molecular flexibility index (Phi) is 7.38. The van der Waals surface area contributed by atoms with Gasteiger partial charge in [-0.2, -0.15) is 5.10 Å². The third kappa shape index (κ3) is 5.11. The van der Waals surface area contributed by atoms with E-state index in [2.05, 4.69) is 24.0 Å². The zero-order chi connectivity index (χ0) is 26.8. The molecule has 1 unspecified atom stereocenters. The Hall–Kier alpha value is -3.84. The van der Waals surface area contributed by atoms with Gasteiger partial charge in [-0.15, -0.1) is 0 Å². The molecular formula is C30H29ClFN3O3. The molecule has 0 fully saturated rings. The zero-order valence-corrected chi connectivity index (χ0v) is 22.3. The number of aromatic amines is 1. The Balaban J connectivity index is 1.58. The molecule has 0 spiro atoms. The van der Waals surface area contributed by atoms with Crippen molar-refractivity contribution in [1.29, 1.82) is 0 Å². The molecule has 4 aromatic rings. The standard InChI is InChI=1S/C30H29ClFN3O3/c1-18(2)14-15-38-24-13-8-21(16-25(24)37-3)29-26-27(20-6-9-22(31)10-7-20)33-34-28(26)30(36)35(29)17-19-4-11-23(32)12-5-19/h4-13,16,18,29H,14-15,17H2,1-3H3,(H,33,34). The van der Waals surface area contributed by atoms with E-state index in [0.29, 0.717) is 47.0 Å². The van der Waals surface area contributed by atoms with Gasteiger partial charge in [0.2, 0.25) is 0 Å². The molecule has 0 bridgehead atoms. The van der Waals surface area contributed by atoms with Crippen LogP contribution in [0.15, 0.2) is 66.7 Å². The Bertz CT molecular complexity index is 1430. The third-order valence-corrected chi connectivity index (χ3v) is 6.96. The Morgan fingerprint density at radius 3 is 2.47 bits per heavy atom. The normalized spacial score (nSPS) is 14.7. The van der Waals surface area contributed by atoms with E-state index < -0.39 is 6.04 Å². The lowest BCUT2D eigenvalue weighted by molar-refractivity contribution is 0.0730. The number of aromatic nitrogens is 2. The molecule has 0 saturated heterocycles. The van der Waals surface area contributed by atoms with Crippen LogP contribution in [0.2, 0.25) is 5.02 Å². The van der Waals surface area contributed by atoms with Crippen LogP contribution in [-0.4, -0.2) is 34.7 Å². The molecule has 1 atom stereocenters. The first-order valence-corrected chi connectivity index (χ1v) is 12.9. The highest BCUT2D eigenvalue weighted by molar-refractivity contribution is 6.30. The second-order valence-electron chi connectivity index (χ2n) is 9.77. The van der Waals surface area contributed by atoms with E-state index in [-0.39, 0.29) is 11.7 Å². The van der Waals surface area contributed by atoms with Crippen molar-refractivity contribution in [1.82, 2.24) is 15.1 Å². The van der Waals surface area contributed by atoms with Crippen LogP contribution < -0.4 is 9.47 Å². The molecule has 0 aliphatic carbocycles. The van der Waals surface area contributed by atoms with Gasteiger partial charge in [-0.3, -0.25) is 9.89 Å². The molecule has 1 aliphatic heterocycles. The number of nitrogens with one attached hydrogen (secondary N) is 1. The molecule has 1 N–H and O–H groups in total. The maximum absolute atomic E-state index is 13.7. The number of methoxy groups -OCH3 is 1. The lowest BCUT2D eigenvalue weighted by atomic mass is 9.95. The fraction of sp³-hybridized carbons (Fsp3) is 0.267. The Morgan fingerprint density at radius 1 is 1.05 bits per heavy atom. The van der Waals surface area contributed by atoms with E-state index in [1.54, 1.807) is 36.3 Å². The van der Waals surface area contributed by atoms with Gasteiger partial charge in [0, 0.05) is 22.7 Å². The van der Waals surface area contributed by atoms with Crippen molar-refractivity contribution in [3.63, 3.8) is 0 Å². The monoisotopic (exact) mass is 533 g/mol. The summed E-state index contributed by atoms with van der Waals surface area (Å²) in [6.07, 6.45) is 0.927. The van der Waals surface area contributed by atoms with Crippen molar-refractivity contribution >= 4 is 17.5 Å². The molecule has 2 heterocycles. The first kappa shape index (κ1) is 25.8. The lowest BCUT2D eigenvalue weighted by Crippen LogP contribution is -2.29. The number of hydrogen-bond acceptors (Lipinski definition) is 4. The number of hydrogen-bond donors (Lipinski definition) is 1. The minimum Gasteiger partial charge on any atom is -0.493 e. The number of nitrogens with zero attached hydrogens (tertiary/aromatic N) is 2. The van der Waals surface area contributed by atoms with E-state index in [1.165, 1.54) is 12.1 Å². The summed E-state index contributed by atoms with van der Waals surface area (Å²) in [5.74, 6) is 1.26. The maximum Gasteiger partial charge on any atom is 0.273 e. The van der Waals surface area contributed by atoms with Crippen LogP contribution in [0, 0.1) is 11.7 Å². The van der Waals surface area contributed by atoms with Crippen LogP contribution in [0.5, 0.6) is 11.5 Å². The quantitative estimate of drug-likeness (QED) is 0.250. The van der Waals surface area contributed by atoms with Crippen LogP contribution in [0.3, 0.4) is 0 Å². The first-order chi connectivity index (χ1) is 18.4. The summed E-state index contributed by atoms with van der Waals surface area (Å²) < 4.78 is 25.3. The summed E-state index contributed by atoms with van der Waals surface area (Å²) >= 11 is 6.12. The third-order valence-electron chi connectivity index (χ3n) is 6.70. The summed E-state index contributed by atoms with van der Waals surface area (Å²) in [7, 11) is 1.60. The minimum atomic E-state index is -0.453. The number of ether oxygens (including phenoxy) is 2. The number of benzene rings is 3.